The molecule has 1 aromatic heterocycles. The molecule has 1 aromatic carbocycles. The van der Waals surface area contributed by atoms with Gasteiger partial charge in [-0.05, 0) is 18.2 Å². The Morgan fingerprint density at radius 1 is 1.42 bits per heavy atom. The molecule has 0 aliphatic carbocycles. The van der Waals surface area contributed by atoms with Crippen LogP contribution in [0.3, 0.4) is 0 Å². The summed E-state index contributed by atoms with van der Waals surface area (Å²) in [6.07, 6.45) is -1.15. The number of aryl methyl sites for hydroxylation is 1. The van der Waals surface area contributed by atoms with Crippen molar-refractivity contribution in [1.82, 2.24) is 15.5 Å². The SMILES string of the molecule is Cc1nc(CNCC(O)c2cc(F)ccc2F)no1. The van der Waals surface area contributed by atoms with Crippen molar-refractivity contribution >= 4 is 0 Å². The predicted molar refractivity (Wildman–Crippen MR) is 62.1 cm³/mol. The maximum atomic E-state index is 13.4. The molecule has 0 saturated heterocycles. The van der Waals surface area contributed by atoms with Gasteiger partial charge in [0.25, 0.3) is 0 Å². The molecule has 0 amide bonds. The second-order valence-corrected chi connectivity index (χ2v) is 4.04. The van der Waals surface area contributed by atoms with Crippen molar-refractivity contribution in [1.29, 1.82) is 0 Å². The fraction of sp³-hybridized carbons (Fsp3) is 0.333. The number of rotatable bonds is 5. The van der Waals surface area contributed by atoms with E-state index in [0.717, 1.165) is 18.2 Å². The van der Waals surface area contributed by atoms with E-state index in [1.54, 1.807) is 6.92 Å². The molecule has 1 atom stereocenters. The zero-order valence-electron chi connectivity index (χ0n) is 10.2. The van der Waals surface area contributed by atoms with E-state index in [2.05, 4.69) is 15.5 Å². The maximum absolute atomic E-state index is 13.4. The van der Waals surface area contributed by atoms with Crippen LogP contribution in [0.2, 0.25) is 0 Å². The molecule has 0 saturated carbocycles. The van der Waals surface area contributed by atoms with Crippen LogP contribution >= 0.6 is 0 Å². The highest BCUT2D eigenvalue weighted by atomic mass is 19.1. The Bertz CT molecular complexity index is 560. The van der Waals surface area contributed by atoms with Crippen LogP contribution in [-0.2, 0) is 6.54 Å². The first-order valence-corrected chi connectivity index (χ1v) is 5.69. The summed E-state index contributed by atoms with van der Waals surface area (Å²) in [5.74, 6) is -0.367. The molecule has 102 valence electrons. The van der Waals surface area contributed by atoms with Crippen molar-refractivity contribution < 1.29 is 18.4 Å². The van der Waals surface area contributed by atoms with Crippen molar-refractivity contribution in [3.63, 3.8) is 0 Å². The van der Waals surface area contributed by atoms with Crippen LogP contribution in [-0.4, -0.2) is 21.8 Å². The lowest BCUT2D eigenvalue weighted by atomic mass is 10.1. The molecule has 7 heteroatoms. The highest BCUT2D eigenvalue weighted by Gasteiger charge is 2.14. The zero-order chi connectivity index (χ0) is 13.8. The molecule has 19 heavy (non-hydrogen) atoms. The number of nitrogens with one attached hydrogen (secondary N) is 1. The molecule has 2 N–H and O–H groups in total. The first-order chi connectivity index (χ1) is 9.06. The van der Waals surface area contributed by atoms with Crippen LogP contribution in [0.25, 0.3) is 0 Å². The van der Waals surface area contributed by atoms with Crippen LogP contribution in [0.15, 0.2) is 22.7 Å². The fourth-order valence-corrected chi connectivity index (χ4v) is 1.61. The van der Waals surface area contributed by atoms with Crippen LogP contribution in [0.4, 0.5) is 8.78 Å². The zero-order valence-corrected chi connectivity index (χ0v) is 10.2. The van der Waals surface area contributed by atoms with Gasteiger partial charge in [0, 0.05) is 19.0 Å². The molecule has 0 bridgehead atoms. The van der Waals surface area contributed by atoms with Gasteiger partial charge in [-0.3, -0.25) is 0 Å². The smallest absolute Gasteiger partial charge is 0.223 e. The summed E-state index contributed by atoms with van der Waals surface area (Å²) >= 11 is 0. The lowest BCUT2D eigenvalue weighted by Crippen LogP contribution is -2.22. The Hall–Kier alpha value is -1.86. The minimum atomic E-state index is -1.15. The molecule has 2 rings (SSSR count). The van der Waals surface area contributed by atoms with E-state index in [1.165, 1.54) is 0 Å². The van der Waals surface area contributed by atoms with Gasteiger partial charge in [-0.15, -0.1) is 0 Å². The third kappa shape index (κ3) is 3.55. The van der Waals surface area contributed by atoms with E-state index in [4.69, 9.17) is 4.52 Å². The summed E-state index contributed by atoms with van der Waals surface area (Å²) in [6, 6.07) is 2.96. The van der Waals surface area contributed by atoms with Crippen LogP contribution < -0.4 is 5.32 Å². The average molecular weight is 269 g/mol. The summed E-state index contributed by atoms with van der Waals surface area (Å²) in [4.78, 5) is 3.96. The molecule has 0 aliphatic heterocycles. The largest absolute Gasteiger partial charge is 0.387 e. The molecule has 1 unspecified atom stereocenters. The van der Waals surface area contributed by atoms with Crippen molar-refractivity contribution in [2.24, 2.45) is 0 Å². The lowest BCUT2D eigenvalue weighted by Gasteiger charge is -2.12. The van der Waals surface area contributed by atoms with Gasteiger partial charge >= 0.3 is 0 Å². The van der Waals surface area contributed by atoms with Gasteiger partial charge in [0.15, 0.2) is 5.82 Å². The second kappa shape index (κ2) is 5.85. The molecule has 0 fully saturated rings. The molecule has 2 aromatic rings. The van der Waals surface area contributed by atoms with Crippen LogP contribution in [0, 0.1) is 18.6 Å². The standard InChI is InChI=1S/C12H13F2N3O2/c1-7-16-12(17-19-7)6-15-5-11(18)9-4-8(13)2-3-10(9)14/h2-4,11,15,18H,5-6H2,1H3. The van der Waals surface area contributed by atoms with E-state index in [-0.39, 0.29) is 18.7 Å². The number of nitrogens with zero attached hydrogens (tertiary/aromatic N) is 2. The van der Waals surface area contributed by atoms with Crippen molar-refractivity contribution in [3.05, 3.63) is 47.1 Å². The fourth-order valence-electron chi connectivity index (χ4n) is 1.61. The number of halogens is 2. The quantitative estimate of drug-likeness (QED) is 0.860. The average Bonchev–Trinajstić information content (AvgIpc) is 2.78. The number of aromatic nitrogens is 2. The van der Waals surface area contributed by atoms with Gasteiger partial charge in [-0.1, -0.05) is 5.16 Å². The second-order valence-electron chi connectivity index (χ2n) is 4.04. The van der Waals surface area contributed by atoms with E-state index in [9.17, 15) is 13.9 Å². The van der Waals surface area contributed by atoms with Crippen molar-refractivity contribution in [3.8, 4) is 0 Å². The summed E-state index contributed by atoms with van der Waals surface area (Å²) < 4.78 is 31.1. The molecular weight excluding hydrogens is 256 g/mol. The molecule has 0 spiro atoms. The van der Waals surface area contributed by atoms with Crippen molar-refractivity contribution in [2.75, 3.05) is 6.54 Å². The van der Waals surface area contributed by atoms with Gasteiger partial charge in [-0.2, -0.15) is 4.98 Å². The monoisotopic (exact) mass is 269 g/mol. The summed E-state index contributed by atoms with van der Waals surface area (Å²) in [5, 5.41) is 16.3. The maximum Gasteiger partial charge on any atom is 0.223 e. The Morgan fingerprint density at radius 2 is 2.21 bits per heavy atom. The van der Waals surface area contributed by atoms with E-state index in [0.29, 0.717) is 11.7 Å². The summed E-state index contributed by atoms with van der Waals surface area (Å²) in [6.45, 7) is 1.98. The Kier molecular flexibility index (Phi) is 4.18. The minimum absolute atomic E-state index is 0.0496. The van der Waals surface area contributed by atoms with E-state index in [1.807, 2.05) is 0 Å². The highest BCUT2D eigenvalue weighted by molar-refractivity contribution is 5.21. The van der Waals surface area contributed by atoms with Crippen molar-refractivity contribution in [2.45, 2.75) is 19.6 Å². The molecule has 1 heterocycles. The third-order valence-corrected chi connectivity index (χ3v) is 2.51. The van der Waals surface area contributed by atoms with Gasteiger partial charge in [0.05, 0.1) is 12.6 Å². The minimum Gasteiger partial charge on any atom is -0.387 e. The first-order valence-electron chi connectivity index (χ1n) is 5.69. The van der Waals surface area contributed by atoms with E-state index >= 15 is 0 Å². The predicted octanol–water partition coefficient (Wildman–Crippen LogP) is 1.48. The topological polar surface area (TPSA) is 71.2 Å². The molecular formula is C12H13F2N3O2. The number of hydrogen-bond donors (Lipinski definition) is 2. The van der Waals surface area contributed by atoms with Crippen LogP contribution in [0.5, 0.6) is 0 Å². The number of benzene rings is 1. The van der Waals surface area contributed by atoms with Gasteiger partial charge in [0.2, 0.25) is 5.89 Å². The Balaban J connectivity index is 1.90. The Labute approximate surface area is 108 Å². The number of aliphatic hydroxyl groups excluding tert-OH is 1. The highest BCUT2D eigenvalue weighted by Crippen LogP contribution is 2.17. The summed E-state index contributed by atoms with van der Waals surface area (Å²) in [5.41, 5.74) is -0.0863. The number of hydrogen-bond acceptors (Lipinski definition) is 5. The van der Waals surface area contributed by atoms with Gasteiger partial charge < -0.3 is 14.9 Å². The molecule has 5 nitrogen and oxygen atoms in total. The summed E-state index contributed by atoms with van der Waals surface area (Å²) in [7, 11) is 0. The Morgan fingerprint density at radius 3 is 2.89 bits per heavy atom. The number of aliphatic hydroxyl groups is 1. The van der Waals surface area contributed by atoms with E-state index < -0.39 is 17.7 Å². The van der Waals surface area contributed by atoms with Crippen LogP contribution in [0.1, 0.15) is 23.4 Å². The molecule has 0 radical (unpaired) electrons. The first kappa shape index (κ1) is 13.6. The normalized spacial score (nSPS) is 12.6. The third-order valence-electron chi connectivity index (χ3n) is 2.51. The van der Waals surface area contributed by atoms with Gasteiger partial charge in [0.1, 0.15) is 11.6 Å². The van der Waals surface area contributed by atoms with Gasteiger partial charge in [-0.25, -0.2) is 8.78 Å². The molecule has 0 aliphatic rings. The lowest BCUT2D eigenvalue weighted by molar-refractivity contribution is 0.169.